The van der Waals surface area contributed by atoms with Gasteiger partial charge in [0, 0.05) is 57.3 Å². The SMILES string of the molecule is CC(=O)N1CCN(c2nc3c(c(N4CCCC4C4CCCCC4)n2)CN(C(C)C)C3=O)CC1. The number of aromatic nitrogens is 2. The van der Waals surface area contributed by atoms with Crippen LogP contribution in [-0.4, -0.2) is 76.4 Å². The molecule has 0 spiro atoms. The molecule has 0 bridgehead atoms. The van der Waals surface area contributed by atoms with Crippen LogP contribution in [0.25, 0.3) is 0 Å². The molecule has 1 aromatic rings. The lowest BCUT2D eigenvalue weighted by molar-refractivity contribution is -0.129. The molecule has 8 nitrogen and oxygen atoms in total. The number of nitrogens with zero attached hydrogens (tertiary/aromatic N) is 6. The number of carbonyl (C=O) groups excluding carboxylic acids is 2. The monoisotopic (exact) mass is 454 g/mol. The van der Waals surface area contributed by atoms with E-state index in [2.05, 4.69) is 23.6 Å². The summed E-state index contributed by atoms with van der Waals surface area (Å²) >= 11 is 0. The molecular weight excluding hydrogens is 416 g/mol. The number of rotatable bonds is 4. The minimum atomic E-state index is 0.0284. The van der Waals surface area contributed by atoms with Crippen molar-refractivity contribution in [1.82, 2.24) is 19.8 Å². The molecule has 2 saturated heterocycles. The lowest BCUT2D eigenvalue weighted by atomic mass is 9.83. The Morgan fingerprint density at radius 1 is 0.939 bits per heavy atom. The average molecular weight is 455 g/mol. The van der Waals surface area contributed by atoms with Gasteiger partial charge in [0.05, 0.1) is 6.54 Å². The van der Waals surface area contributed by atoms with E-state index < -0.39 is 0 Å². The van der Waals surface area contributed by atoms with Crippen molar-refractivity contribution in [3.8, 4) is 0 Å². The number of carbonyl (C=O) groups is 2. The first-order valence-corrected chi connectivity index (χ1v) is 12.9. The number of piperazine rings is 1. The number of amides is 2. The average Bonchev–Trinajstić information content (AvgIpc) is 3.44. The Balaban J connectivity index is 1.49. The van der Waals surface area contributed by atoms with Crippen molar-refractivity contribution >= 4 is 23.6 Å². The van der Waals surface area contributed by atoms with Crippen LogP contribution >= 0.6 is 0 Å². The molecule has 0 radical (unpaired) electrons. The molecule has 1 unspecified atom stereocenters. The summed E-state index contributed by atoms with van der Waals surface area (Å²) in [6.45, 7) is 10.1. The normalized spacial score (nSPS) is 24.2. The maximum atomic E-state index is 13.3. The molecule has 1 atom stereocenters. The van der Waals surface area contributed by atoms with Crippen LogP contribution in [-0.2, 0) is 11.3 Å². The molecule has 1 saturated carbocycles. The maximum Gasteiger partial charge on any atom is 0.273 e. The van der Waals surface area contributed by atoms with Crippen molar-refractivity contribution in [2.45, 2.75) is 84.3 Å². The lowest BCUT2D eigenvalue weighted by Gasteiger charge is -2.37. The van der Waals surface area contributed by atoms with E-state index in [1.165, 1.54) is 44.9 Å². The third-order valence-corrected chi connectivity index (χ3v) is 8.16. The van der Waals surface area contributed by atoms with Crippen LogP contribution in [0.15, 0.2) is 0 Å². The first-order chi connectivity index (χ1) is 15.9. The fraction of sp³-hybridized carbons (Fsp3) is 0.760. The van der Waals surface area contributed by atoms with Crippen LogP contribution in [0.1, 0.15) is 81.8 Å². The predicted octanol–water partition coefficient (Wildman–Crippen LogP) is 3.06. The highest BCUT2D eigenvalue weighted by molar-refractivity contribution is 5.98. The second-order valence-electron chi connectivity index (χ2n) is 10.5. The summed E-state index contributed by atoms with van der Waals surface area (Å²) < 4.78 is 0. The minimum Gasteiger partial charge on any atom is -0.353 e. The van der Waals surface area contributed by atoms with Gasteiger partial charge in [0.1, 0.15) is 11.5 Å². The Labute approximate surface area is 197 Å². The van der Waals surface area contributed by atoms with Gasteiger partial charge in [-0.15, -0.1) is 0 Å². The number of hydrogen-bond acceptors (Lipinski definition) is 6. The van der Waals surface area contributed by atoms with Crippen molar-refractivity contribution in [3.63, 3.8) is 0 Å². The first-order valence-electron chi connectivity index (χ1n) is 12.9. The molecule has 4 aliphatic rings. The molecule has 3 fully saturated rings. The second-order valence-corrected chi connectivity index (χ2v) is 10.5. The van der Waals surface area contributed by atoms with Crippen molar-refractivity contribution in [1.29, 1.82) is 0 Å². The molecule has 8 heteroatoms. The quantitative estimate of drug-likeness (QED) is 0.696. The van der Waals surface area contributed by atoms with Gasteiger partial charge < -0.3 is 19.6 Å². The first kappa shape index (κ1) is 22.4. The molecule has 0 N–H and O–H groups in total. The Morgan fingerprint density at radius 3 is 2.33 bits per heavy atom. The standard InChI is InChI=1S/C25H38N6O2/c1-17(2)31-16-20-22(24(31)33)26-25(29-14-12-28(13-15-29)18(3)32)27-23(20)30-11-7-10-21(30)19-8-5-4-6-9-19/h17,19,21H,4-16H2,1-3H3. The van der Waals surface area contributed by atoms with Gasteiger partial charge in [-0.05, 0) is 45.4 Å². The van der Waals surface area contributed by atoms with Crippen LogP contribution in [0.3, 0.4) is 0 Å². The van der Waals surface area contributed by atoms with E-state index in [0.717, 1.165) is 23.8 Å². The minimum absolute atomic E-state index is 0.0284. The summed E-state index contributed by atoms with van der Waals surface area (Å²) in [4.78, 5) is 43.5. The van der Waals surface area contributed by atoms with Crippen LogP contribution in [0.2, 0.25) is 0 Å². The van der Waals surface area contributed by atoms with Gasteiger partial charge in [-0.3, -0.25) is 9.59 Å². The fourth-order valence-corrected chi connectivity index (χ4v) is 6.24. The Kier molecular flexibility index (Phi) is 6.18. The van der Waals surface area contributed by atoms with Gasteiger partial charge >= 0.3 is 0 Å². The van der Waals surface area contributed by atoms with E-state index >= 15 is 0 Å². The summed E-state index contributed by atoms with van der Waals surface area (Å²) in [5.41, 5.74) is 1.61. The van der Waals surface area contributed by atoms with Gasteiger partial charge in [0.2, 0.25) is 11.9 Å². The number of hydrogen-bond donors (Lipinski definition) is 0. The maximum absolute atomic E-state index is 13.3. The molecule has 5 rings (SSSR count). The molecule has 2 amide bonds. The highest BCUT2D eigenvalue weighted by atomic mass is 16.2. The Morgan fingerprint density at radius 2 is 1.67 bits per heavy atom. The summed E-state index contributed by atoms with van der Waals surface area (Å²) in [6, 6.07) is 0.657. The van der Waals surface area contributed by atoms with E-state index in [-0.39, 0.29) is 17.9 Å². The largest absolute Gasteiger partial charge is 0.353 e. The van der Waals surface area contributed by atoms with Crippen LogP contribution < -0.4 is 9.80 Å². The van der Waals surface area contributed by atoms with E-state index in [9.17, 15) is 9.59 Å². The van der Waals surface area contributed by atoms with Gasteiger partial charge in [-0.25, -0.2) is 4.98 Å². The molecule has 0 aromatic carbocycles. The van der Waals surface area contributed by atoms with E-state index in [0.29, 0.717) is 50.4 Å². The van der Waals surface area contributed by atoms with Gasteiger partial charge in [-0.1, -0.05) is 19.3 Å². The fourth-order valence-electron chi connectivity index (χ4n) is 6.24. The van der Waals surface area contributed by atoms with Crippen LogP contribution in [0, 0.1) is 5.92 Å². The molecule has 1 aromatic heterocycles. The predicted molar refractivity (Wildman–Crippen MR) is 128 cm³/mol. The summed E-state index contributed by atoms with van der Waals surface area (Å²) in [5, 5.41) is 0. The summed E-state index contributed by atoms with van der Waals surface area (Å²) in [7, 11) is 0. The molecule has 4 heterocycles. The number of anilines is 2. The molecular formula is C25H38N6O2. The summed E-state index contributed by atoms with van der Waals surface area (Å²) in [5.74, 6) is 2.52. The van der Waals surface area contributed by atoms with Crippen LogP contribution in [0.4, 0.5) is 11.8 Å². The molecule has 33 heavy (non-hydrogen) atoms. The Hall–Kier alpha value is -2.38. The van der Waals surface area contributed by atoms with E-state index in [1.807, 2.05) is 9.80 Å². The summed E-state index contributed by atoms with van der Waals surface area (Å²) in [6.07, 6.45) is 9.06. The third-order valence-electron chi connectivity index (χ3n) is 8.16. The molecule has 3 aliphatic heterocycles. The van der Waals surface area contributed by atoms with Gasteiger partial charge in [0.15, 0.2) is 0 Å². The molecule has 180 valence electrons. The van der Waals surface area contributed by atoms with Gasteiger partial charge in [-0.2, -0.15) is 4.98 Å². The Bertz CT molecular complexity index is 904. The zero-order valence-electron chi connectivity index (χ0n) is 20.4. The van der Waals surface area contributed by atoms with E-state index in [1.54, 1.807) is 6.92 Å². The van der Waals surface area contributed by atoms with Crippen molar-refractivity contribution < 1.29 is 9.59 Å². The zero-order chi connectivity index (χ0) is 23.1. The lowest BCUT2D eigenvalue weighted by Crippen LogP contribution is -2.48. The zero-order valence-corrected chi connectivity index (χ0v) is 20.4. The van der Waals surface area contributed by atoms with Crippen molar-refractivity contribution in [3.05, 3.63) is 11.3 Å². The topological polar surface area (TPSA) is 72.9 Å². The second kappa shape index (κ2) is 9.11. The molecule has 1 aliphatic carbocycles. The van der Waals surface area contributed by atoms with Crippen LogP contribution in [0.5, 0.6) is 0 Å². The highest BCUT2D eigenvalue weighted by Crippen LogP contribution is 2.40. The number of fused-ring (bicyclic) bond motifs is 1. The van der Waals surface area contributed by atoms with Gasteiger partial charge in [0.25, 0.3) is 5.91 Å². The third kappa shape index (κ3) is 4.17. The smallest absolute Gasteiger partial charge is 0.273 e. The van der Waals surface area contributed by atoms with E-state index in [4.69, 9.17) is 9.97 Å². The van der Waals surface area contributed by atoms with Crippen molar-refractivity contribution in [2.75, 3.05) is 42.5 Å². The van der Waals surface area contributed by atoms with Crippen molar-refractivity contribution in [2.24, 2.45) is 5.92 Å². The highest BCUT2D eigenvalue weighted by Gasteiger charge is 2.40.